The fourth-order valence-corrected chi connectivity index (χ4v) is 3.11. The van der Waals surface area contributed by atoms with Gasteiger partial charge in [-0.25, -0.2) is 0 Å². The highest BCUT2D eigenvalue weighted by molar-refractivity contribution is 14.0. The molecule has 27 heavy (non-hydrogen) atoms. The van der Waals surface area contributed by atoms with Crippen LogP contribution in [0.25, 0.3) is 0 Å². The van der Waals surface area contributed by atoms with Gasteiger partial charge in [0.15, 0.2) is 5.96 Å². The molecule has 1 aromatic rings. The molecule has 0 aliphatic carbocycles. The number of ether oxygens (including phenoxy) is 2. The zero-order valence-electron chi connectivity index (χ0n) is 16.9. The summed E-state index contributed by atoms with van der Waals surface area (Å²) in [5.41, 5.74) is 1.23. The Bertz CT molecular complexity index is 557. The van der Waals surface area contributed by atoms with Crippen molar-refractivity contribution < 1.29 is 9.47 Å². The van der Waals surface area contributed by atoms with Crippen LogP contribution in [0.15, 0.2) is 29.3 Å². The van der Waals surface area contributed by atoms with Gasteiger partial charge in [-0.3, -0.25) is 4.99 Å². The molecule has 1 fully saturated rings. The number of rotatable bonds is 10. The number of anilines is 1. The van der Waals surface area contributed by atoms with E-state index in [-0.39, 0.29) is 24.0 Å². The maximum absolute atomic E-state index is 5.37. The zero-order chi connectivity index (χ0) is 18.6. The molecule has 1 aliphatic heterocycles. The maximum Gasteiger partial charge on any atom is 0.191 e. The van der Waals surface area contributed by atoms with Crippen LogP contribution in [0.3, 0.4) is 0 Å². The summed E-state index contributed by atoms with van der Waals surface area (Å²) in [5, 5.41) is 6.71. The Labute approximate surface area is 181 Å². The van der Waals surface area contributed by atoms with Crippen LogP contribution < -0.4 is 20.3 Å². The van der Waals surface area contributed by atoms with E-state index in [0.717, 1.165) is 64.1 Å². The van der Waals surface area contributed by atoms with E-state index in [1.165, 1.54) is 12.1 Å². The molecule has 1 aromatic carbocycles. The van der Waals surface area contributed by atoms with E-state index in [1.807, 2.05) is 13.0 Å². The molecule has 0 amide bonds. The van der Waals surface area contributed by atoms with Gasteiger partial charge in [-0.05, 0) is 44.7 Å². The minimum Gasteiger partial charge on any atom is -0.497 e. The molecule has 1 aliphatic rings. The van der Waals surface area contributed by atoms with E-state index in [4.69, 9.17) is 14.5 Å². The minimum atomic E-state index is 0. The van der Waals surface area contributed by atoms with Crippen molar-refractivity contribution in [2.75, 3.05) is 57.9 Å². The first kappa shape index (κ1) is 23.8. The van der Waals surface area contributed by atoms with Crippen molar-refractivity contribution in [1.29, 1.82) is 0 Å². The van der Waals surface area contributed by atoms with Crippen molar-refractivity contribution in [3.8, 4) is 5.75 Å². The van der Waals surface area contributed by atoms with E-state index in [2.05, 4.69) is 40.7 Å². The molecule has 7 heteroatoms. The number of guanidine groups is 1. The van der Waals surface area contributed by atoms with Crippen molar-refractivity contribution in [2.45, 2.75) is 26.7 Å². The van der Waals surface area contributed by atoms with Gasteiger partial charge in [-0.15, -0.1) is 24.0 Å². The van der Waals surface area contributed by atoms with Crippen molar-refractivity contribution in [2.24, 2.45) is 10.9 Å². The van der Waals surface area contributed by atoms with Gasteiger partial charge in [-0.1, -0.05) is 6.07 Å². The summed E-state index contributed by atoms with van der Waals surface area (Å²) >= 11 is 0. The summed E-state index contributed by atoms with van der Waals surface area (Å²) in [6.45, 7) is 10.4. The lowest BCUT2D eigenvalue weighted by Gasteiger charge is -2.19. The summed E-state index contributed by atoms with van der Waals surface area (Å²) in [6, 6.07) is 8.30. The van der Waals surface area contributed by atoms with Gasteiger partial charge in [0, 0.05) is 57.7 Å². The lowest BCUT2D eigenvalue weighted by molar-refractivity contribution is 0.145. The predicted octanol–water partition coefficient (Wildman–Crippen LogP) is 3.12. The largest absolute Gasteiger partial charge is 0.497 e. The fourth-order valence-electron chi connectivity index (χ4n) is 3.11. The Morgan fingerprint density at radius 2 is 2.15 bits per heavy atom. The second kappa shape index (κ2) is 13.9. The normalized spacial score (nSPS) is 16.8. The van der Waals surface area contributed by atoms with Gasteiger partial charge < -0.3 is 25.0 Å². The summed E-state index contributed by atoms with van der Waals surface area (Å²) in [7, 11) is 1.71. The molecule has 2 N–H and O–H groups in total. The van der Waals surface area contributed by atoms with Gasteiger partial charge in [0.2, 0.25) is 0 Å². The second-order valence-electron chi connectivity index (χ2n) is 6.50. The molecular formula is C20H35IN4O2. The SMILES string of the molecule is CCNC(=NCC1CCN(c2cccc(OC)c2)C1)NCCCOCC.I. The molecule has 1 saturated heterocycles. The summed E-state index contributed by atoms with van der Waals surface area (Å²) in [5.74, 6) is 2.40. The van der Waals surface area contributed by atoms with Crippen LogP contribution in [0.4, 0.5) is 5.69 Å². The molecule has 0 saturated carbocycles. The van der Waals surface area contributed by atoms with E-state index >= 15 is 0 Å². The number of hydrogen-bond donors (Lipinski definition) is 2. The quantitative estimate of drug-likeness (QED) is 0.229. The molecule has 1 heterocycles. The van der Waals surface area contributed by atoms with Gasteiger partial charge in [0.1, 0.15) is 5.75 Å². The monoisotopic (exact) mass is 490 g/mol. The molecule has 1 atom stereocenters. The molecular weight excluding hydrogens is 455 g/mol. The van der Waals surface area contributed by atoms with Crippen LogP contribution >= 0.6 is 24.0 Å². The Kier molecular flexibility index (Phi) is 12.2. The van der Waals surface area contributed by atoms with Crippen LogP contribution in [0.5, 0.6) is 5.75 Å². The molecule has 0 radical (unpaired) electrons. The zero-order valence-corrected chi connectivity index (χ0v) is 19.2. The molecule has 0 aromatic heterocycles. The van der Waals surface area contributed by atoms with Gasteiger partial charge in [0.25, 0.3) is 0 Å². The molecule has 2 rings (SSSR count). The molecule has 0 bridgehead atoms. The predicted molar refractivity (Wildman–Crippen MR) is 124 cm³/mol. The fraction of sp³-hybridized carbons (Fsp3) is 0.650. The number of aliphatic imine (C=N–C) groups is 1. The summed E-state index contributed by atoms with van der Waals surface area (Å²) in [6.07, 6.45) is 2.16. The summed E-state index contributed by atoms with van der Waals surface area (Å²) < 4.78 is 10.7. The third-order valence-corrected chi connectivity index (χ3v) is 4.52. The topological polar surface area (TPSA) is 58.1 Å². The number of hydrogen-bond acceptors (Lipinski definition) is 4. The average molecular weight is 490 g/mol. The maximum atomic E-state index is 5.37. The smallest absolute Gasteiger partial charge is 0.191 e. The van der Waals surface area contributed by atoms with Gasteiger partial charge in [-0.2, -0.15) is 0 Å². The number of methoxy groups -OCH3 is 1. The highest BCUT2D eigenvalue weighted by atomic mass is 127. The molecule has 6 nitrogen and oxygen atoms in total. The van der Waals surface area contributed by atoms with Crippen LogP contribution in [0.2, 0.25) is 0 Å². The Morgan fingerprint density at radius 3 is 2.89 bits per heavy atom. The highest BCUT2D eigenvalue weighted by Crippen LogP contribution is 2.26. The van der Waals surface area contributed by atoms with Gasteiger partial charge >= 0.3 is 0 Å². The number of benzene rings is 1. The second-order valence-corrected chi connectivity index (χ2v) is 6.50. The van der Waals surface area contributed by atoms with Crippen LogP contribution in [-0.4, -0.2) is 59.0 Å². The van der Waals surface area contributed by atoms with E-state index in [1.54, 1.807) is 7.11 Å². The van der Waals surface area contributed by atoms with E-state index < -0.39 is 0 Å². The third kappa shape index (κ3) is 8.55. The first-order chi connectivity index (χ1) is 12.8. The highest BCUT2D eigenvalue weighted by Gasteiger charge is 2.22. The standard InChI is InChI=1S/C20H34N4O2.HI/c1-4-21-20(22-11-7-13-26-5-2)23-15-17-10-12-24(16-17)18-8-6-9-19(14-18)25-3;/h6,8-9,14,17H,4-5,7,10-13,15-16H2,1-3H3,(H2,21,22,23);1H. The lowest BCUT2D eigenvalue weighted by atomic mass is 10.1. The van der Waals surface area contributed by atoms with Crippen LogP contribution in [-0.2, 0) is 4.74 Å². The minimum absolute atomic E-state index is 0. The van der Waals surface area contributed by atoms with Crippen LogP contribution in [0.1, 0.15) is 26.7 Å². The van der Waals surface area contributed by atoms with Crippen molar-refractivity contribution in [1.82, 2.24) is 10.6 Å². The molecule has 0 spiro atoms. The first-order valence-corrected chi connectivity index (χ1v) is 9.75. The summed E-state index contributed by atoms with van der Waals surface area (Å²) in [4.78, 5) is 7.20. The third-order valence-electron chi connectivity index (χ3n) is 4.52. The number of halogens is 1. The molecule has 154 valence electrons. The molecule has 1 unspecified atom stereocenters. The number of nitrogens with one attached hydrogen (secondary N) is 2. The van der Waals surface area contributed by atoms with Crippen molar-refractivity contribution >= 4 is 35.6 Å². The van der Waals surface area contributed by atoms with Crippen LogP contribution in [0, 0.1) is 5.92 Å². The van der Waals surface area contributed by atoms with E-state index in [0.29, 0.717) is 5.92 Å². The Hall–Kier alpha value is -1.22. The van der Waals surface area contributed by atoms with Gasteiger partial charge in [0.05, 0.1) is 7.11 Å². The van der Waals surface area contributed by atoms with E-state index in [9.17, 15) is 0 Å². The average Bonchev–Trinajstić information content (AvgIpc) is 3.15. The first-order valence-electron chi connectivity index (χ1n) is 9.75. The lowest BCUT2D eigenvalue weighted by Crippen LogP contribution is -2.38. The Balaban J connectivity index is 0.00000364. The number of nitrogens with zero attached hydrogens (tertiary/aromatic N) is 2. The Morgan fingerprint density at radius 1 is 1.30 bits per heavy atom. The van der Waals surface area contributed by atoms with Crippen molar-refractivity contribution in [3.05, 3.63) is 24.3 Å². The van der Waals surface area contributed by atoms with Crippen molar-refractivity contribution in [3.63, 3.8) is 0 Å².